The van der Waals surface area contributed by atoms with E-state index in [-0.39, 0.29) is 18.9 Å². The van der Waals surface area contributed by atoms with Gasteiger partial charge in [0.15, 0.2) is 0 Å². The number of anilines is 2. The third-order valence-corrected chi connectivity index (χ3v) is 7.16. The number of carbonyl (C=O) groups excluding carboxylic acids is 1. The van der Waals surface area contributed by atoms with Gasteiger partial charge in [0.2, 0.25) is 5.91 Å². The highest BCUT2D eigenvalue weighted by Gasteiger charge is 2.35. The maximum atomic E-state index is 12.9. The zero-order valence-corrected chi connectivity index (χ0v) is 17.0. The molecule has 5 nitrogen and oxygen atoms in total. The molecule has 8 heteroatoms. The van der Waals surface area contributed by atoms with Crippen LogP contribution in [0.1, 0.15) is 12.8 Å². The minimum absolute atomic E-state index is 0.139. The molecule has 0 aliphatic carbocycles. The number of hydrogen-bond donors (Lipinski definition) is 1. The molecule has 0 fully saturated rings. The summed E-state index contributed by atoms with van der Waals surface area (Å²) < 4.78 is 27.2. The number of benzene rings is 3. The standard InChI is InChI=1S/C20H16Cl2N2O3S/c21-14-7-3-8-15(22)20(14)23-18(25)11-4-12-24-16-9-1-5-13-6-2-10-17(19(13)16)28(24,26)27/h1-3,5-10H,4,11-12H2,(H,23,25). The van der Waals surface area contributed by atoms with Crippen molar-refractivity contribution in [1.82, 2.24) is 0 Å². The van der Waals surface area contributed by atoms with Crippen molar-refractivity contribution in [3.05, 3.63) is 64.6 Å². The number of rotatable bonds is 5. The van der Waals surface area contributed by atoms with Crippen molar-refractivity contribution in [2.45, 2.75) is 17.7 Å². The lowest BCUT2D eigenvalue weighted by Crippen LogP contribution is -2.29. The van der Waals surface area contributed by atoms with E-state index in [4.69, 9.17) is 23.2 Å². The van der Waals surface area contributed by atoms with Crippen LogP contribution in [0, 0.1) is 0 Å². The van der Waals surface area contributed by atoms with Crippen LogP contribution in [0.15, 0.2) is 59.5 Å². The summed E-state index contributed by atoms with van der Waals surface area (Å²) >= 11 is 12.1. The fourth-order valence-electron chi connectivity index (χ4n) is 3.40. The van der Waals surface area contributed by atoms with Crippen molar-refractivity contribution < 1.29 is 13.2 Å². The number of amides is 1. The molecule has 1 amide bonds. The van der Waals surface area contributed by atoms with Gasteiger partial charge < -0.3 is 5.32 Å². The molecule has 0 radical (unpaired) electrons. The summed E-state index contributed by atoms with van der Waals surface area (Å²) in [7, 11) is -3.61. The van der Waals surface area contributed by atoms with E-state index in [1.54, 1.807) is 36.4 Å². The molecule has 3 aromatic carbocycles. The topological polar surface area (TPSA) is 66.5 Å². The monoisotopic (exact) mass is 434 g/mol. The Morgan fingerprint density at radius 2 is 1.61 bits per heavy atom. The van der Waals surface area contributed by atoms with Crippen LogP contribution in [0.25, 0.3) is 10.8 Å². The first-order valence-electron chi connectivity index (χ1n) is 8.68. The van der Waals surface area contributed by atoms with Crippen molar-refractivity contribution in [1.29, 1.82) is 0 Å². The largest absolute Gasteiger partial charge is 0.324 e. The highest BCUT2D eigenvalue weighted by Crippen LogP contribution is 2.42. The third-order valence-electron chi connectivity index (χ3n) is 4.67. The molecule has 0 saturated heterocycles. The molecule has 28 heavy (non-hydrogen) atoms. The molecular weight excluding hydrogens is 419 g/mol. The highest BCUT2D eigenvalue weighted by molar-refractivity contribution is 7.93. The molecule has 0 atom stereocenters. The Balaban J connectivity index is 1.48. The summed E-state index contributed by atoms with van der Waals surface area (Å²) in [6, 6.07) is 15.7. The summed E-state index contributed by atoms with van der Waals surface area (Å²) in [5.41, 5.74) is 1.02. The van der Waals surface area contributed by atoms with Gasteiger partial charge in [-0.1, -0.05) is 53.5 Å². The van der Waals surface area contributed by atoms with Crippen LogP contribution in [-0.4, -0.2) is 20.9 Å². The Bertz CT molecular complexity index is 1170. The number of sulfonamides is 1. The molecule has 0 saturated carbocycles. The van der Waals surface area contributed by atoms with Gasteiger partial charge in [-0.25, -0.2) is 8.42 Å². The van der Waals surface area contributed by atoms with Crippen molar-refractivity contribution in [2.24, 2.45) is 0 Å². The minimum Gasteiger partial charge on any atom is -0.324 e. The van der Waals surface area contributed by atoms with E-state index in [1.165, 1.54) is 4.31 Å². The molecule has 1 N–H and O–H groups in total. The van der Waals surface area contributed by atoms with Gasteiger partial charge in [-0.15, -0.1) is 0 Å². The SMILES string of the molecule is O=C(CCCN1c2cccc3cccc(c23)S1(=O)=O)Nc1c(Cl)cccc1Cl. The summed E-state index contributed by atoms with van der Waals surface area (Å²) in [4.78, 5) is 12.6. The first kappa shape index (κ1) is 19.1. The fraction of sp³-hybridized carbons (Fsp3) is 0.150. The Hall–Kier alpha value is -2.28. The van der Waals surface area contributed by atoms with Crippen molar-refractivity contribution >= 4 is 61.3 Å². The zero-order valence-electron chi connectivity index (χ0n) is 14.7. The molecule has 0 aromatic heterocycles. The van der Waals surface area contributed by atoms with E-state index >= 15 is 0 Å². The molecular formula is C20H16Cl2N2O3S. The van der Waals surface area contributed by atoms with Crippen molar-refractivity contribution in [3.63, 3.8) is 0 Å². The summed E-state index contributed by atoms with van der Waals surface area (Å²) in [5.74, 6) is -0.276. The third kappa shape index (κ3) is 3.21. The second kappa shape index (κ2) is 7.28. The van der Waals surface area contributed by atoms with E-state index in [9.17, 15) is 13.2 Å². The lowest BCUT2D eigenvalue weighted by atomic mass is 10.1. The Morgan fingerprint density at radius 3 is 2.32 bits per heavy atom. The van der Waals surface area contributed by atoms with E-state index in [0.29, 0.717) is 32.7 Å². The molecule has 1 aliphatic heterocycles. The normalized spacial score (nSPS) is 14.4. The van der Waals surface area contributed by atoms with E-state index < -0.39 is 10.0 Å². The van der Waals surface area contributed by atoms with Gasteiger partial charge in [0.25, 0.3) is 10.0 Å². The van der Waals surface area contributed by atoms with E-state index in [0.717, 1.165) is 10.8 Å². The molecule has 0 spiro atoms. The number of nitrogens with one attached hydrogen (secondary N) is 1. The second-order valence-electron chi connectivity index (χ2n) is 6.46. The first-order chi connectivity index (χ1) is 13.4. The van der Waals surface area contributed by atoms with Gasteiger partial charge in [0, 0.05) is 18.4 Å². The average molecular weight is 435 g/mol. The van der Waals surface area contributed by atoms with Crippen LogP contribution in [0.2, 0.25) is 10.0 Å². The van der Waals surface area contributed by atoms with Gasteiger partial charge in [-0.3, -0.25) is 9.10 Å². The van der Waals surface area contributed by atoms with Crippen LogP contribution in [0.3, 0.4) is 0 Å². The van der Waals surface area contributed by atoms with Crippen LogP contribution in [0.5, 0.6) is 0 Å². The zero-order chi connectivity index (χ0) is 19.9. The second-order valence-corrected chi connectivity index (χ2v) is 9.10. The van der Waals surface area contributed by atoms with Crippen molar-refractivity contribution in [3.8, 4) is 0 Å². The predicted octanol–water partition coefficient (Wildman–Crippen LogP) is 5.07. The number of nitrogens with zero attached hydrogens (tertiary/aromatic N) is 1. The van der Waals surface area contributed by atoms with Crippen molar-refractivity contribution in [2.75, 3.05) is 16.2 Å². The van der Waals surface area contributed by atoms with Crippen LogP contribution >= 0.6 is 23.2 Å². The fourth-order valence-corrected chi connectivity index (χ4v) is 5.64. The Labute approximate surface area is 172 Å². The Kier molecular flexibility index (Phi) is 4.95. The lowest BCUT2D eigenvalue weighted by molar-refractivity contribution is -0.116. The molecule has 3 aromatic rings. The molecule has 1 aliphatic rings. The summed E-state index contributed by atoms with van der Waals surface area (Å²) in [6.07, 6.45) is 0.497. The predicted molar refractivity (Wildman–Crippen MR) is 113 cm³/mol. The van der Waals surface area contributed by atoms with Crippen LogP contribution in [-0.2, 0) is 14.8 Å². The number of halogens is 2. The van der Waals surface area contributed by atoms with Crippen LogP contribution in [0.4, 0.5) is 11.4 Å². The molecule has 0 unspecified atom stereocenters. The molecule has 4 rings (SSSR count). The van der Waals surface area contributed by atoms with Gasteiger partial charge in [-0.2, -0.15) is 0 Å². The Morgan fingerprint density at radius 1 is 0.964 bits per heavy atom. The summed E-state index contributed by atoms with van der Waals surface area (Å²) in [6.45, 7) is 0.208. The van der Waals surface area contributed by atoms with Gasteiger partial charge in [-0.05, 0) is 36.1 Å². The van der Waals surface area contributed by atoms with Gasteiger partial charge in [0.1, 0.15) is 0 Å². The van der Waals surface area contributed by atoms with E-state index in [1.807, 2.05) is 18.2 Å². The van der Waals surface area contributed by atoms with Crippen LogP contribution < -0.4 is 9.62 Å². The maximum absolute atomic E-state index is 12.9. The maximum Gasteiger partial charge on any atom is 0.265 e. The average Bonchev–Trinajstić information content (AvgIpc) is 2.88. The first-order valence-corrected chi connectivity index (χ1v) is 10.9. The number of carbonyl (C=O) groups is 1. The number of hydrogen-bond acceptors (Lipinski definition) is 3. The molecule has 144 valence electrons. The lowest BCUT2D eigenvalue weighted by Gasteiger charge is -2.18. The van der Waals surface area contributed by atoms with E-state index in [2.05, 4.69) is 5.32 Å². The van der Waals surface area contributed by atoms with Gasteiger partial charge >= 0.3 is 0 Å². The smallest absolute Gasteiger partial charge is 0.265 e. The summed E-state index contributed by atoms with van der Waals surface area (Å²) in [5, 5.41) is 5.01. The molecule has 0 bridgehead atoms. The number of para-hydroxylation sites is 1. The van der Waals surface area contributed by atoms with Gasteiger partial charge in [0.05, 0.1) is 26.3 Å². The highest BCUT2D eigenvalue weighted by atomic mass is 35.5. The molecule has 1 heterocycles. The minimum atomic E-state index is -3.61. The quantitative estimate of drug-likeness (QED) is 0.608.